The Morgan fingerprint density at radius 2 is 2.25 bits per heavy atom. The number of aliphatic hydroxyl groups excluding tert-OH is 1. The van der Waals surface area contributed by atoms with Gasteiger partial charge in [0.2, 0.25) is 5.91 Å². The lowest BCUT2D eigenvalue weighted by Crippen LogP contribution is -2.34. The van der Waals surface area contributed by atoms with Gasteiger partial charge in [-0.1, -0.05) is 0 Å². The van der Waals surface area contributed by atoms with Gasteiger partial charge >= 0.3 is 0 Å². The van der Waals surface area contributed by atoms with Gasteiger partial charge in [-0.15, -0.1) is 0 Å². The topological polar surface area (TPSA) is 97.4 Å². The van der Waals surface area contributed by atoms with E-state index in [0.717, 1.165) is 5.56 Å². The van der Waals surface area contributed by atoms with Gasteiger partial charge < -0.3 is 20.7 Å². The van der Waals surface area contributed by atoms with Gasteiger partial charge in [0.25, 0.3) is 5.56 Å². The molecule has 0 aliphatic carbocycles. The number of rotatable bonds is 5. The molecule has 0 aliphatic heterocycles. The average molecular weight is 293 g/mol. The van der Waals surface area contributed by atoms with Crippen LogP contribution in [0.15, 0.2) is 40.0 Å². The van der Waals surface area contributed by atoms with E-state index in [1.165, 1.54) is 34.2 Å². The smallest absolute Gasteiger partial charge is 0.251 e. The molecule has 1 atom stereocenters. The SMILES string of the molecule is Nc1ccc(=O)n(CC(=O)NCC(O)c2ccsc2)c1. The minimum atomic E-state index is -0.747. The number of hydrogen-bond donors (Lipinski definition) is 3. The fourth-order valence-electron chi connectivity index (χ4n) is 1.68. The Morgan fingerprint density at radius 1 is 1.45 bits per heavy atom. The molecule has 1 amide bonds. The molecule has 106 valence electrons. The molecule has 0 bridgehead atoms. The summed E-state index contributed by atoms with van der Waals surface area (Å²) in [7, 11) is 0. The van der Waals surface area contributed by atoms with E-state index in [1.807, 2.05) is 10.8 Å². The number of nitrogen functional groups attached to an aromatic ring is 1. The quantitative estimate of drug-likeness (QED) is 0.740. The summed E-state index contributed by atoms with van der Waals surface area (Å²) in [4.78, 5) is 23.2. The highest BCUT2D eigenvalue weighted by Crippen LogP contribution is 2.14. The first kappa shape index (κ1) is 14.3. The Labute approximate surface area is 119 Å². The summed E-state index contributed by atoms with van der Waals surface area (Å²) < 4.78 is 1.22. The molecular formula is C13H15N3O3S. The third-order valence-electron chi connectivity index (χ3n) is 2.74. The molecule has 2 heterocycles. The van der Waals surface area contributed by atoms with Gasteiger partial charge in [0.15, 0.2) is 0 Å². The van der Waals surface area contributed by atoms with E-state index < -0.39 is 6.10 Å². The lowest BCUT2D eigenvalue weighted by Gasteiger charge is -2.11. The first-order chi connectivity index (χ1) is 9.56. The third kappa shape index (κ3) is 3.69. The van der Waals surface area contributed by atoms with Gasteiger partial charge in [-0.25, -0.2) is 0 Å². The highest BCUT2D eigenvalue weighted by molar-refractivity contribution is 7.07. The van der Waals surface area contributed by atoms with Crippen LogP contribution in [-0.4, -0.2) is 22.1 Å². The van der Waals surface area contributed by atoms with Crippen LogP contribution >= 0.6 is 11.3 Å². The van der Waals surface area contributed by atoms with Crippen molar-refractivity contribution in [1.29, 1.82) is 0 Å². The standard InChI is InChI=1S/C13H15N3O3S/c14-10-1-2-13(19)16(6-10)7-12(18)15-5-11(17)9-3-4-20-8-9/h1-4,6,8,11,17H,5,7,14H2,(H,15,18). The maximum atomic E-state index is 11.7. The molecule has 0 spiro atoms. The molecule has 2 aromatic rings. The molecule has 0 radical (unpaired) electrons. The highest BCUT2D eigenvalue weighted by atomic mass is 32.1. The molecule has 6 nitrogen and oxygen atoms in total. The maximum absolute atomic E-state index is 11.7. The van der Waals surface area contributed by atoms with E-state index in [1.54, 1.807) is 6.07 Å². The maximum Gasteiger partial charge on any atom is 0.251 e. The van der Waals surface area contributed by atoms with Crippen LogP contribution in [-0.2, 0) is 11.3 Å². The molecule has 4 N–H and O–H groups in total. The summed E-state index contributed by atoms with van der Waals surface area (Å²) in [5.74, 6) is -0.355. The van der Waals surface area contributed by atoms with Crippen molar-refractivity contribution >= 4 is 22.9 Å². The summed E-state index contributed by atoms with van der Waals surface area (Å²) >= 11 is 1.48. The second-order valence-corrected chi connectivity index (χ2v) is 5.09. The van der Waals surface area contributed by atoms with Crippen molar-refractivity contribution in [1.82, 2.24) is 9.88 Å². The zero-order valence-electron chi connectivity index (χ0n) is 10.7. The zero-order valence-corrected chi connectivity index (χ0v) is 11.5. The number of aliphatic hydroxyl groups is 1. The average Bonchev–Trinajstić information content (AvgIpc) is 2.94. The van der Waals surface area contributed by atoms with Gasteiger partial charge in [0.05, 0.1) is 6.10 Å². The van der Waals surface area contributed by atoms with Gasteiger partial charge in [-0.2, -0.15) is 11.3 Å². The molecule has 2 aromatic heterocycles. The van der Waals surface area contributed by atoms with Gasteiger partial charge in [-0.05, 0) is 28.5 Å². The van der Waals surface area contributed by atoms with Crippen LogP contribution in [0.3, 0.4) is 0 Å². The Hall–Kier alpha value is -2.12. The van der Waals surface area contributed by atoms with Crippen LogP contribution < -0.4 is 16.6 Å². The van der Waals surface area contributed by atoms with E-state index in [2.05, 4.69) is 5.32 Å². The van der Waals surface area contributed by atoms with Gasteiger partial charge in [-0.3, -0.25) is 9.59 Å². The van der Waals surface area contributed by atoms with Crippen LogP contribution in [0.2, 0.25) is 0 Å². The Balaban J connectivity index is 1.90. The molecule has 0 saturated carbocycles. The number of nitrogens with zero attached hydrogens (tertiary/aromatic N) is 1. The highest BCUT2D eigenvalue weighted by Gasteiger charge is 2.10. The van der Waals surface area contributed by atoms with E-state index >= 15 is 0 Å². The zero-order chi connectivity index (χ0) is 14.5. The van der Waals surface area contributed by atoms with Crippen molar-refractivity contribution < 1.29 is 9.90 Å². The van der Waals surface area contributed by atoms with Crippen LogP contribution in [0.5, 0.6) is 0 Å². The number of carbonyl (C=O) groups is 1. The summed E-state index contributed by atoms with van der Waals surface area (Å²) in [5, 5.41) is 16.1. The molecule has 0 saturated heterocycles. The molecule has 20 heavy (non-hydrogen) atoms. The van der Waals surface area contributed by atoms with E-state index in [-0.39, 0.29) is 24.6 Å². The fraction of sp³-hybridized carbons (Fsp3) is 0.231. The lowest BCUT2D eigenvalue weighted by atomic mass is 10.2. The molecular weight excluding hydrogens is 278 g/mol. The van der Waals surface area contributed by atoms with Crippen molar-refractivity contribution in [3.8, 4) is 0 Å². The van der Waals surface area contributed by atoms with E-state index in [9.17, 15) is 14.7 Å². The number of aromatic nitrogens is 1. The number of amides is 1. The third-order valence-corrected chi connectivity index (χ3v) is 3.44. The van der Waals surface area contributed by atoms with Crippen LogP contribution in [0.4, 0.5) is 5.69 Å². The molecule has 0 fully saturated rings. The van der Waals surface area contributed by atoms with Crippen LogP contribution in [0.1, 0.15) is 11.7 Å². The molecule has 1 unspecified atom stereocenters. The monoisotopic (exact) mass is 293 g/mol. The number of nitrogens with two attached hydrogens (primary N) is 1. The predicted molar refractivity (Wildman–Crippen MR) is 77.4 cm³/mol. The summed E-state index contributed by atoms with van der Waals surface area (Å²) in [6.07, 6.45) is 0.666. The van der Waals surface area contributed by atoms with Crippen molar-refractivity contribution in [2.75, 3.05) is 12.3 Å². The largest absolute Gasteiger partial charge is 0.398 e. The first-order valence-corrected chi connectivity index (χ1v) is 6.93. The summed E-state index contributed by atoms with van der Waals surface area (Å²) in [6, 6.07) is 4.59. The van der Waals surface area contributed by atoms with Gasteiger partial charge in [0, 0.05) is 24.5 Å². The number of thiophene rings is 1. The summed E-state index contributed by atoms with van der Waals surface area (Å²) in [6.45, 7) is -0.0210. The Bertz CT molecular complexity index is 637. The minimum Gasteiger partial charge on any atom is -0.398 e. The van der Waals surface area contributed by atoms with E-state index in [0.29, 0.717) is 5.69 Å². The van der Waals surface area contributed by atoms with Crippen LogP contribution in [0.25, 0.3) is 0 Å². The second kappa shape index (κ2) is 6.36. The number of nitrogens with one attached hydrogen (secondary N) is 1. The van der Waals surface area contributed by atoms with E-state index in [4.69, 9.17) is 5.73 Å². The number of hydrogen-bond acceptors (Lipinski definition) is 5. The molecule has 2 rings (SSSR count). The second-order valence-electron chi connectivity index (χ2n) is 4.31. The Morgan fingerprint density at radius 3 is 2.95 bits per heavy atom. The fourth-order valence-corrected chi connectivity index (χ4v) is 2.38. The number of carbonyl (C=O) groups excluding carboxylic acids is 1. The van der Waals surface area contributed by atoms with Crippen LogP contribution in [0, 0.1) is 0 Å². The number of anilines is 1. The minimum absolute atomic E-state index is 0.104. The van der Waals surface area contributed by atoms with Crippen molar-refractivity contribution in [3.63, 3.8) is 0 Å². The first-order valence-electron chi connectivity index (χ1n) is 5.99. The molecule has 0 aliphatic rings. The Kier molecular flexibility index (Phi) is 4.54. The molecule has 7 heteroatoms. The van der Waals surface area contributed by atoms with Crippen molar-refractivity contribution in [3.05, 3.63) is 51.1 Å². The van der Waals surface area contributed by atoms with Crippen molar-refractivity contribution in [2.45, 2.75) is 12.6 Å². The molecule has 0 aromatic carbocycles. The van der Waals surface area contributed by atoms with Crippen molar-refractivity contribution in [2.24, 2.45) is 0 Å². The predicted octanol–water partition coefficient (Wildman–Crippen LogP) is 0.342. The lowest BCUT2D eigenvalue weighted by molar-refractivity contribution is -0.122. The normalized spacial score (nSPS) is 12.1. The summed E-state index contributed by atoms with van der Waals surface area (Å²) in [5.41, 5.74) is 6.43. The van der Waals surface area contributed by atoms with Gasteiger partial charge in [0.1, 0.15) is 6.54 Å². The number of pyridine rings is 1.